The van der Waals surface area contributed by atoms with E-state index in [2.05, 4.69) is 21.2 Å². The molecule has 2 aromatic rings. The molecule has 0 saturated carbocycles. The van der Waals surface area contributed by atoms with Crippen LogP contribution in [0, 0.1) is 20.8 Å². The van der Waals surface area contributed by atoms with Gasteiger partial charge >= 0.3 is 0 Å². The van der Waals surface area contributed by atoms with Crippen LogP contribution in [0.1, 0.15) is 27.4 Å². The molecule has 0 fully saturated rings. The number of nitrogens with one attached hydrogen (secondary N) is 1. The predicted molar refractivity (Wildman–Crippen MR) is 80.0 cm³/mol. The molecule has 3 nitrogen and oxygen atoms in total. The molecule has 1 amide bonds. The van der Waals surface area contributed by atoms with Gasteiger partial charge in [-0.25, -0.2) is 0 Å². The summed E-state index contributed by atoms with van der Waals surface area (Å²) in [5.74, 6) is 1.21. The van der Waals surface area contributed by atoms with Gasteiger partial charge in [0, 0.05) is 15.7 Å². The Hall–Kier alpha value is -1.26. The molecule has 1 aromatic carbocycles. The maximum atomic E-state index is 12.2. The molecular weight excluding hydrogens is 330 g/mol. The number of aryl methyl sites for hydroxylation is 2. The van der Waals surface area contributed by atoms with Crippen molar-refractivity contribution in [3.05, 3.63) is 50.3 Å². The molecule has 1 aromatic heterocycles. The largest absolute Gasteiger partial charge is 0.466 e. The number of hydrogen-bond donors (Lipinski definition) is 1. The van der Waals surface area contributed by atoms with E-state index in [4.69, 9.17) is 16.0 Å². The van der Waals surface area contributed by atoms with E-state index in [0.29, 0.717) is 22.0 Å². The van der Waals surface area contributed by atoms with Gasteiger partial charge in [-0.2, -0.15) is 0 Å². The number of hydrogen-bond acceptors (Lipinski definition) is 2. The fraction of sp³-hybridized carbons (Fsp3) is 0.214. The summed E-state index contributed by atoms with van der Waals surface area (Å²) in [5, 5.41) is 3.44. The Balaban J connectivity index is 2.28. The molecule has 19 heavy (non-hydrogen) atoms. The molecule has 2 rings (SSSR count). The highest BCUT2D eigenvalue weighted by molar-refractivity contribution is 9.10. The molecule has 1 heterocycles. The van der Waals surface area contributed by atoms with Crippen LogP contribution in [0.3, 0.4) is 0 Å². The van der Waals surface area contributed by atoms with Crippen molar-refractivity contribution in [1.82, 2.24) is 0 Å². The smallest absolute Gasteiger partial charge is 0.259 e. The number of carbonyl (C=O) groups is 1. The number of furan rings is 1. The normalized spacial score (nSPS) is 10.6. The van der Waals surface area contributed by atoms with Crippen LogP contribution in [-0.2, 0) is 0 Å². The molecule has 0 unspecified atom stereocenters. The van der Waals surface area contributed by atoms with Crippen LogP contribution in [0.4, 0.5) is 5.69 Å². The lowest BCUT2D eigenvalue weighted by Crippen LogP contribution is -2.13. The fourth-order valence-electron chi connectivity index (χ4n) is 1.89. The molecule has 0 aliphatic heterocycles. The van der Waals surface area contributed by atoms with Crippen LogP contribution in [0.25, 0.3) is 0 Å². The molecule has 0 saturated heterocycles. The number of halogens is 2. The van der Waals surface area contributed by atoms with Gasteiger partial charge in [0.2, 0.25) is 0 Å². The molecule has 0 aliphatic carbocycles. The van der Waals surface area contributed by atoms with Crippen LogP contribution in [0.2, 0.25) is 5.02 Å². The maximum absolute atomic E-state index is 12.2. The molecule has 0 bridgehead atoms. The minimum Gasteiger partial charge on any atom is -0.466 e. The summed E-state index contributed by atoms with van der Waals surface area (Å²) in [6.07, 6.45) is 0. The van der Waals surface area contributed by atoms with Crippen molar-refractivity contribution < 1.29 is 9.21 Å². The Kier molecular flexibility index (Phi) is 4.02. The van der Waals surface area contributed by atoms with Crippen molar-refractivity contribution in [3.8, 4) is 0 Å². The van der Waals surface area contributed by atoms with Gasteiger partial charge in [0.1, 0.15) is 11.5 Å². The number of amides is 1. The van der Waals surface area contributed by atoms with Crippen LogP contribution < -0.4 is 5.32 Å². The highest BCUT2D eigenvalue weighted by Gasteiger charge is 2.18. The molecule has 0 atom stereocenters. The lowest BCUT2D eigenvalue weighted by molar-refractivity contribution is 0.102. The predicted octanol–water partition coefficient (Wildman–Crippen LogP) is 4.87. The second kappa shape index (κ2) is 5.39. The second-order valence-electron chi connectivity index (χ2n) is 4.30. The summed E-state index contributed by atoms with van der Waals surface area (Å²) in [6, 6.07) is 5.24. The van der Waals surface area contributed by atoms with Crippen molar-refractivity contribution >= 4 is 39.1 Å². The standard InChI is InChI=1S/C14H13BrClNO2/c1-7-8(2)19-9(3)13(7)14(18)17-10-4-5-12(16)11(15)6-10/h4-6H,1-3H3,(H,17,18). The summed E-state index contributed by atoms with van der Waals surface area (Å²) in [6.45, 7) is 5.50. The Morgan fingerprint density at radius 3 is 2.47 bits per heavy atom. The van der Waals surface area contributed by atoms with Gasteiger partial charge in [0.15, 0.2) is 0 Å². The monoisotopic (exact) mass is 341 g/mol. The van der Waals surface area contributed by atoms with Crippen molar-refractivity contribution in [2.45, 2.75) is 20.8 Å². The zero-order chi connectivity index (χ0) is 14.2. The summed E-state index contributed by atoms with van der Waals surface area (Å²) in [4.78, 5) is 12.2. The van der Waals surface area contributed by atoms with Gasteiger partial charge in [-0.3, -0.25) is 4.79 Å². The van der Waals surface area contributed by atoms with E-state index < -0.39 is 0 Å². The average molecular weight is 343 g/mol. The molecular formula is C14H13BrClNO2. The molecule has 100 valence electrons. The molecule has 0 radical (unpaired) electrons. The number of benzene rings is 1. The van der Waals surface area contributed by atoms with Crippen molar-refractivity contribution in [3.63, 3.8) is 0 Å². The van der Waals surface area contributed by atoms with Gasteiger partial charge in [0.25, 0.3) is 5.91 Å². The van der Waals surface area contributed by atoms with Crippen molar-refractivity contribution in [2.24, 2.45) is 0 Å². The average Bonchev–Trinajstić information content (AvgIpc) is 2.58. The maximum Gasteiger partial charge on any atom is 0.259 e. The van der Waals surface area contributed by atoms with E-state index in [1.54, 1.807) is 25.1 Å². The molecule has 0 aliphatic rings. The Labute approximate surface area is 125 Å². The van der Waals surface area contributed by atoms with Gasteiger partial charge in [0.05, 0.1) is 10.6 Å². The molecule has 5 heteroatoms. The van der Waals surface area contributed by atoms with Crippen LogP contribution >= 0.6 is 27.5 Å². The minimum atomic E-state index is -0.180. The molecule has 0 spiro atoms. The quantitative estimate of drug-likeness (QED) is 0.845. The third kappa shape index (κ3) is 2.85. The van der Waals surface area contributed by atoms with E-state index in [1.165, 1.54) is 0 Å². The Morgan fingerprint density at radius 1 is 1.26 bits per heavy atom. The summed E-state index contributed by atoms with van der Waals surface area (Å²) in [5.41, 5.74) is 2.13. The van der Waals surface area contributed by atoms with Crippen LogP contribution in [0.5, 0.6) is 0 Å². The first-order valence-electron chi connectivity index (χ1n) is 5.73. The van der Waals surface area contributed by atoms with E-state index in [0.717, 1.165) is 15.8 Å². The van der Waals surface area contributed by atoms with Gasteiger partial charge in [-0.15, -0.1) is 0 Å². The Morgan fingerprint density at radius 2 is 1.95 bits per heavy atom. The second-order valence-corrected chi connectivity index (χ2v) is 5.56. The van der Waals surface area contributed by atoms with E-state index in [-0.39, 0.29) is 5.91 Å². The Bertz CT molecular complexity index is 649. The summed E-state index contributed by atoms with van der Waals surface area (Å²) < 4.78 is 6.20. The summed E-state index contributed by atoms with van der Waals surface area (Å²) >= 11 is 9.24. The van der Waals surface area contributed by atoms with Crippen molar-refractivity contribution in [2.75, 3.05) is 5.32 Å². The van der Waals surface area contributed by atoms with E-state index >= 15 is 0 Å². The third-order valence-electron chi connectivity index (χ3n) is 2.97. The van der Waals surface area contributed by atoms with Crippen LogP contribution in [0.15, 0.2) is 27.1 Å². The van der Waals surface area contributed by atoms with Gasteiger partial charge < -0.3 is 9.73 Å². The zero-order valence-corrected chi connectivity index (χ0v) is 13.1. The lowest BCUT2D eigenvalue weighted by Gasteiger charge is -2.06. The van der Waals surface area contributed by atoms with Crippen LogP contribution in [-0.4, -0.2) is 5.91 Å². The highest BCUT2D eigenvalue weighted by Crippen LogP contribution is 2.27. The van der Waals surface area contributed by atoms with E-state index in [9.17, 15) is 4.79 Å². The number of anilines is 1. The first-order chi connectivity index (χ1) is 8.90. The topological polar surface area (TPSA) is 42.2 Å². The van der Waals surface area contributed by atoms with Gasteiger partial charge in [-0.1, -0.05) is 11.6 Å². The van der Waals surface area contributed by atoms with Crippen molar-refractivity contribution in [1.29, 1.82) is 0 Å². The molecule has 1 N–H and O–H groups in total. The minimum absolute atomic E-state index is 0.180. The fourth-order valence-corrected chi connectivity index (χ4v) is 2.39. The lowest BCUT2D eigenvalue weighted by atomic mass is 10.1. The first kappa shape index (κ1) is 14.2. The summed E-state index contributed by atoms with van der Waals surface area (Å²) in [7, 11) is 0. The SMILES string of the molecule is Cc1oc(C)c(C(=O)Nc2ccc(Cl)c(Br)c2)c1C. The first-order valence-corrected chi connectivity index (χ1v) is 6.90. The number of carbonyl (C=O) groups excluding carboxylic acids is 1. The highest BCUT2D eigenvalue weighted by atomic mass is 79.9. The van der Waals surface area contributed by atoms with E-state index in [1.807, 2.05) is 13.8 Å². The third-order valence-corrected chi connectivity index (χ3v) is 4.18. The van der Waals surface area contributed by atoms with Gasteiger partial charge in [-0.05, 0) is 54.9 Å². The number of rotatable bonds is 2. The zero-order valence-electron chi connectivity index (χ0n) is 10.8.